The summed E-state index contributed by atoms with van der Waals surface area (Å²) in [5.41, 5.74) is 0.880. The van der Waals surface area contributed by atoms with Gasteiger partial charge < -0.3 is 10.2 Å². The average Bonchev–Trinajstić information content (AvgIpc) is 3.09. The molecule has 3 nitrogen and oxygen atoms in total. The Labute approximate surface area is 100 Å². The lowest BCUT2D eigenvalue weighted by molar-refractivity contribution is -0.128. The molecule has 0 heterocycles. The first-order valence-corrected chi connectivity index (χ1v) is 5.80. The third-order valence-corrected chi connectivity index (χ3v) is 2.99. The fraction of sp³-hybridized carbons (Fsp3) is 0.417. The predicted octanol–water partition coefficient (Wildman–Crippen LogP) is 2.37. The van der Waals surface area contributed by atoms with E-state index < -0.39 is 0 Å². The number of carbonyl (C=O) groups is 1. The summed E-state index contributed by atoms with van der Waals surface area (Å²) < 4.78 is 0. The highest BCUT2D eigenvalue weighted by molar-refractivity contribution is 6.30. The molecule has 0 aromatic heterocycles. The minimum absolute atomic E-state index is 0.127. The number of benzene rings is 1. The lowest BCUT2D eigenvalue weighted by Crippen LogP contribution is -2.33. The van der Waals surface area contributed by atoms with E-state index in [-0.39, 0.29) is 5.91 Å². The molecule has 0 aliphatic heterocycles. The summed E-state index contributed by atoms with van der Waals surface area (Å²) in [5, 5.41) is 3.75. The van der Waals surface area contributed by atoms with Gasteiger partial charge in [-0.15, -0.1) is 0 Å². The van der Waals surface area contributed by atoms with E-state index in [1.165, 1.54) is 0 Å². The number of amides is 1. The van der Waals surface area contributed by atoms with E-state index in [2.05, 4.69) is 5.32 Å². The zero-order valence-electron chi connectivity index (χ0n) is 9.24. The van der Waals surface area contributed by atoms with Gasteiger partial charge in [0.25, 0.3) is 0 Å². The lowest BCUT2D eigenvalue weighted by atomic mass is 10.3. The normalized spacial score (nSPS) is 14.6. The van der Waals surface area contributed by atoms with Gasteiger partial charge in [0.1, 0.15) is 0 Å². The molecule has 0 spiro atoms. The maximum Gasteiger partial charge on any atom is 0.241 e. The van der Waals surface area contributed by atoms with Crippen LogP contribution < -0.4 is 5.32 Å². The molecule has 1 aliphatic rings. The SMILES string of the molecule is CN(C(=O)CNc1cccc(Cl)c1)C1CC1. The molecule has 1 N–H and O–H groups in total. The van der Waals surface area contributed by atoms with Crippen molar-refractivity contribution in [2.24, 2.45) is 0 Å². The lowest BCUT2D eigenvalue weighted by Gasteiger charge is -2.16. The Morgan fingerprint density at radius 1 is 1.56 bits per heavy atom. The second-order valence-electron chi connectivity index (χ2n) is 4.10. The fourth-order valence-electron chi connectivity index (χ4n) is 1.57. The van der Waals surface area contributed by atoms with E-state index in [0.717, 1.165) is 18.5 Å². The second kappa shape index (κ2) is 4.74. The van der Waals surface area contributed by atoms with Crippen LogP contribution in [0.25, 0.3) is 0 Å². The second-order valence-corrected chi connectivity index (χ2v) is 4.54. The number of hydrogen-bond acceptors (Lipinski definition) is 2. The van der Waals surface area contributed by atoms with E-state index in [1.807, 2.05) is 36.2 Å². The number of likely N-dealkylation sites (N-methyl/N-ethyl adjacent to an activating group) is 1. The molecule has 2 rings (SSSR count). The maximum absolute atomic E-state index is 11.7. The number of anilines is 1. The zero-order valence-corrected chi connectivity index (χ0v) is 10.00. The Morgan fingerprint density at radius 2 is 2.31 bits per heavy atom. The van der Waals surface area contributed by atoms with Gasteiger partial charge >= 0.3 is 0 Å². The van der Waals surface area contributed by atoms with Crippen molar-refractivity contribution < 1.29 is 4.79 Å². The summed E-state index contributed by atoms with van der Waals surface area (Å²) in [7, 11) is 1.86. The van der Waals surface area contributed by atoms with E-state index in [0.29, 0.717) is 17.6 Å². The van der Waals surface area contributed by atoms with Gasteiger partial charge in [0, 0.05) is 23.8 Å². The van der Waals surface area contributed by atoms with E-state index in [1.54, 1.807) is 0 Å². The molecule has 4 heteroatoms. The van der Waals surface area contributed by atoms with Gasteiger partial charge in [-0.1, -0.05) is 17.7 Å². The van der Waals surface area contributed by atoms with Crippen LogP contribution >= 0.6 is 11.6 Å². The van der Waals surface area contributed by atoms with Crippen molar-refractivity contribution in [1.82, 2.24) is 4.90 Å². The third-order valence-electron chi connectivity index (χ3n) is 2.76. The van der Waals surface area contributed by atoms with Crippen molar-refractivity contribution in [3.63, 3.8) is 0 Å². The summed E-state index contributed by atoms with van der Waals surface area (Å²) in [4.78, 5) is 13.5. The molecule has 1 saturated carbocycles. The molecule has 1 fully saturated rings. The Bertz CT molecular complexity index is 390. The minimum atomic E-state index is 0.127. The smallest absolute Gasteiger partial charge is 0.241 e. The van der Waals surface area contributed by atoms with Gasteiger partial charge in [0.2, 0.25) is 5.91 Å². The Balaban J connectivity index is 1.84. The molecular weight excluding hydrogens is 224 g/mol. The summed E-state index contributed by atoms with van der Waals surface area (Å²) in [6.45, 7) is 0.327. The van der Waals surface area contributed by atoms with Crippen LogP contribution in [0.4, 0.5) is 5.69 Å². The van der Waals surface area contributed by atoms with Crippen molar-refractivity contribution in [3.05, 3.63) is 29.3 Å². The van der Waals surface area contributed by atoms with Crippen LogP contribution in [0.15, 0.2) is 24.3 Å². The fourth-order valence-corrected chi connectivity index (χ4v) is 1.76. The average molecular weight is 239 g/mol. The van der Waals surface area contributed by atoms with Crippen LogP contribution in [0.1, 0.15) is 12.8 Å². The molecule has 16 heavy (non-hydrogen) atoms. The van der Waals surface area contributed by atoms with Crippen molar-refractivity contribution in [2.45, 2.75) is 18.9 Å². The number of halogens is 1. The first-order chi connectivity index (χ1) is 7.66. The molecular formula is C12H15ClN2O. The van der Waals surface area contributed by atoms with Gasteiger partial charge in [-0.05, 0) is 31.0 Å². The van der Waals surface area contributed by atoms with E-state index in [9.17, 15) is 4.79 Å². The Morgan fingerprint density at radius 3 is 2.94 bits per heavy atom. The monoisotopic (exact) mass is 238 g/mol. The maximum atomic E-state index is 11.7. The molecule has 1 aliphatic carbocycles. The number of carbonyl (C=O) groups excluding carboxylic acids is 1. The predicted molar refractivity (Wildman–Crippen MR) is 65.7 cm³/mol. The van der Waals surface area contributed by atoms with Crippen LogP contribution in [-0.4, -0.2) is 30.4 Å². The number of nitrogens with one attached hydrogen (secondary N) is 1. The van der Waals surface area contributed by atoms with Gasteiger partial charge in [-0.3, -0.25) is 4.79 Å². The van der Waals surface area contributed by atoms with Crippen LogP contribution in [-0.2, 0) is 4.79 Å². The summed E-state index contributed by atoms with van der Waals surface area (Å²) >= 11 is 5.85. The quantitative estimate of drug-likeness (QED) is 0.874. The third kappa shape index (κ3) is 2.89. The zero-order chi connectivity index (χ0) is 11.5. The van der Waals surface area contributed by atoms with Gasteiger partial charge in [0.15, 0.2) is 0 Å². The molecule has 0 unspecified atom stereocenters. The Hall–Kier alpha value is -1.22. The number of hydrogen-bond donors (Lipinski definition) is 1. The first-order valence-electron chi connectivity index (χ1n) is 5.42. The molecule has 0 atom stereocenters. The van der Waals surface area contributed by atoms with Crippen molar-refractivity contribution >= 4 is 23.2 Å². The van der Waals surface area contributed by atoms with E-state index >= 15 is 0 Å². The van der Waals surface area contributed by atoms with E-state index in [4.69, 9.17) is 11.6 Å². The molecule has 1 aromatic carbocycles. The molecule has 0 saturated heterocycles. The van der Waals surface area contributed by atoms with Crippen LogP contribution in [0.3, 0.4) is 0 Å². The van der Waals surface area contributed by atoms with Gasteiger partial charge in [-0.25, -0.2) is 0 Å². The highest BCUT2D eigenvalue weighted by Crippen LogP contribution is 2.25. The van der Waals surface area contributed by atoms with Crippen LogP contribution in [0.2, 0.25) is 5.02 Å². The van der Waals surface area contributed by atoms with Crippen molar-refractivity contribution in [2.75, 3.05) is 18.9 Å². The highest BCUT2D eigenvalue weighted by Gasteiger charge is 2.29. The summed E-state index contributed by atoms with van der Waals surface area (Å²) in [6.07, 6.45) is 2.28. The van der Waals surface area contributed by atoms with Gasteiger partial charge in [-0.2, -0.15) is 0 Å². The van der Waals surface area contributed by atoms with Crippen LogP contribution in [0, 0.1) is 0 Å². The molecule has 1 aromatic rings. The number of nitrogens with zero attached hydrogens (tertiary/aromatic N) is 1. The summed E-state index contributed by atoms with van der Waals surface area (Å²) in [6, 6.07) is 7.85. The van der Waals surface area contributed by atoms with Crippen molar-refractivity contribution in [3.8, 4) is 0 Å². The largest absolute Gasteiger partial charge is 0.376 e. The molecule has 1 amide bonds. The van der Waals surface area contributed by atoms with Crippen molar-refractivity contribution in [1.29, 1.82) is 0 Å². The highest BCUT2D eigenvalue weighted by atomic mass is 35.5. The first kappa shape index (κ1) is 11.3. The molecule has 0 bridgehead atoms. The molecule has 86 valence electrons. The van der Waals surface area contributed by atoms with Gasteiger partial charge in [0.05, 0.1) is 6.54 Å². The Kier molecular flexibility index (Phi) is 3.34. The number of rotatable bonds is 4. The summed E-state index contributed by atoms with van der Waals surface area (Å²) in [5.74, 6) is 0.127. The van der Waals surface area contributed by atoms with Crippen LogP contribution in [0.5, 0.6) is 0 Å². The topological polar surface area (TPSA) is 32.3 Å². The minimum Gasteiger partial charge on any atom is -0.376 e. The standard InChI is InChI=1S/C12H15ClN2O/c1-15(11-5-6-11)12(16)8-14-10-4-2-3-9(13)7-10/h2-4,7,11,14H,5-6,8H2,1H3. The molecule has 0 radical (unpaired) electrons.